The van der Waals surface area contributed by atoms with Gasteiger partial charge in [-0.2, -0.15) is 4.98 Å². The predicted octanol–water partition coefficient (Wildman–Crippen LogP) is 1.19. The summed E-state index contributed by atoms with van der Waals surface area (Å²) in [5.74, 6) is 1.19. The average Bonchev–Trinajstić information content (AvgIpc) is 2.76. The number of nitrogens with zero attached hydrogens (tertiary/aromatic N) is 3. The molecular formula is C11H19N3O3. The topological polar surface area (TPSA) is 68.5 Å². The van der Waals surface area contributed by atoms with E-state index in [1.54, 1.807) is 0 Å². The molecule has 0 aromatic carbocycles. The van der Waals surface area contributed by atoms with Gasteiger partial charge in [0, 0.05) is 5.92 Å². The molecule has 0 bridgehead atoms. The fourth-order valence-corrected chi connectivity index (χ4v) is 1.28. The normalized spacial score (nSPS) is 11.2. The van der Waals surface area contributed by atoms with E-state index >= 15 is 0 Å². The van der Waals surface area contributed by atoms with Crippen LogP contribution in [0.2, 0.25) is 0 Å². The molecule has 0 fully saturated rings. The SMILES string of the molecule is CCN(CC(=O)OC)Cc1nc(C(C)C)no1. The Bertz CT molecular complexity index is 363. The number of rotatable bonds is 6. The highest BCUT2D eigenvalue weighted by Crippen LogP contribution is 2.10. The zero-order chi connectivity index (χ0) is 12.8. The Balaban J connectivity index is 2.57. The molecule has 17 heavy (non-hydrogen) atoms. The summed E-state index contributed by atoms with van der Waals surface area (Å²) in [5, 5.41) is 3.87. The molecule has 1 rings (SSSR count). The van der Waals surface area contributed by atoms with Gasteiger partial charge in [-0.05, 0) is 6.54 Å². The van der Waals surface area contributed by atoms with Crippen molar-refractivity contribution in [3.8, 4) is 0 Å². The lowest BCUT2D eigenvalue weighted by atomic mass is 10.2. The molecular weight excluding hydrogens is 222 g/mol. The molecule has 1 heterocycles. The van der Waals surface area contributed by atoms with Crippen molar-refractivity contribution in [2.75, 3.05) is 20.2 Å². The lowest BCUT2D eigenvalue weighted by molar-refractivity contribution is -0.142. The van der Waals surface area contributed by atoms with Crippen molar-refractivity contribution in [3.63, 3.8) is 0 Å². The Morgan fingerprint density at radius 2 is 2.24 bits per heavy atom. The van der Waals surface area contributed by atoms with Crippen molar-refractivity contribution < 1.29 is 14.1 Å². The van der Waals surface area contributed by atoms with Crippen LogP contribution in [0.5, 0.6) is 0 Å². The van der Waals surface area contributed by atoms with E-state index in [0.717, 1.165) is 0 Å². The van der Waals surface area contributed by atoms with Crippen LogP contribution in [-0.2, 0) is 16.1 Å². The number of esters is 1. The van der Waals surface area contributed by atoms with Crippen LogP contribution in [0.4, 0.5) is 0 Å². The molecule has 0 spiro atoms. The molecule has 0 aliphatic rings. The maximum Gasteiger partial charge on any atom is 0.319 e. The summed E-state index contributed by atoms with van der Waals surface area (Å²) in [4.78, 5) is 17.3. The molecule has 0 N–H and O–H groups in total. The lowest BCUT2D eigenvalue weighted by Crippen LogP contribution is -2.30. The number of ether oxygens (including phenoxy) is 1. The maximum atomic E-state index is 11.2. The fraction of sp³-hybridized carbons (Fsp3) is 0.727. The molecule has 0 amide bonds. The zero-order valence-electron chi connectivity index (χ0n) is 10.8. The van der Waals surface area contributed by atoms with Gasteiger partial charge in [0.2, 0.25) is 5.89 Å². The van der Waals surface area contributed by atoms with Gasteiger partial charge in [0.25, 0.3) is 0 Å². The molecule has 0 unspecified atom stereocenters. The number of carbonyl (C=O) groups excluding carboxylic acids is 1. The minimum Gasteiger partial charge on any atom is -0.468 e. The largest absolute Gasteiger partial charge is 0.468 e. The molecule has 0 aliphatic carbocycles. The van der Waals surface area contributed by atoms with Gasteiger partial charge < -0.3 is 9.26 Å². The van der Waals surface area contributed by atoms with E-state index in [9.17, 15) is 4.79 Å². The third kappa shape index (κ3) is 4.14. The van der Waals surface area contributed by atoms with E-state index in [2.05, 4.69) is 14.9 Å². The first-order chi connectivity index (χ1) is 8.06. The smallest absolute Gasteiger partial charge is 0.319 e. The predicted molar refractivity (Wildman–Crippen MR) is 61.4 cm³/mol. The number of hydrogen-bond acceptors (Lipinski definition) is 6. The highest BCUT2D eigenvalue weighted by atomic mass is 16.5. The number of likely N-dealkylation sites (N-methyl/N-ethyl adjacent to an activating group) is 1. The Kier molecular flexibility index (Phi) is 5.09. The van der Waals surface area contributed by atoms with Gasteiger partial charge in [0.1, 0.15) is 0 Å². The minimum absolute atomic E-state index is 0.229. The zero-order valence-corrected chi connectivity index (χ0v) is 10.8. The van der Waals surface area contributed by atoms with Gasteiger partial charge in [0.15, 0.2) is 5.82 Å². The minimum atomic E-state index is -0.268. The van der Waals surface area contributed by atoms with Gasteiger partial charge in [-0.1, -0.05) is 25.9 Å². The maximum absolute atomic E-state index is 11.2. The second kappa shape index (κ2) is 6.34. The van der Waals surface area contributed by atoms with Gasteiger partial charge in [0.05, 0.1) is 20.2 Å². The van der Waals surface area contributed by atoms with E-state index < -0.39 is 0 Å². The Morgan fingerprint density at radius 1 is 1.53 bits per heavy atom. The van der Waals surface area contributed by atoms with Crippen LogP contribution in [0.1, 0.15) is 38.4 Å². The monoisotopic (exact) mass is 241 g/mol. The van der Waals surface area contributed by atoms with Crippen molar-refractivity contribution in [3.05, 3.63) is 11.7 Å². The van der Waals surface area contributed by atoms with Crippen LogP contribution in [-0.4, -0.2) is 41.2 Å². The average molecular weight is 241 g/mol. The quantitative estimate of drug-likeness (QED) is 0.697. The van der Waals surface area contributed by atoms with Gasteiger partial charge in [-0.25, -0.2) is 0 Å². The van der Waals surface area contributed by atoms with E-state index in [1.165, 1.54) is 7.11 Å². The highest BCUT2D eigenvalue weighted by molar-refractivity contribution is 5.71. The van der Waals surface area contributed by atoms with E-state index in [1.807, 2.05) is 25.7 Å². The number of carbonyl (C=O) groups is 1. The van der Waals surface area contributed by atoms with Crippen molar-refractivity contribution >= 4 is 5.97 Å². The standard InChI is InChI=1S/C11H19N3O3/c1-5-14(7-10(15)16-4)6-9-12-11(8(2)3)13-17-9/h8H,5-7H2,1-4H3. The van der Waals surface area contributed by atoms with Crippen LogP contribution in [0, 0.1) is 0 Å². The molecule has 96 valence electrons. The van der Waals surface area contributed by atoms with Crippen LogP contribution in [0.25, 0.3) is 0 Å². The number of methoxy groups -OCH3 is 1. The summed E-state index contributed by atoms with van der Waals surface area (Å²) in [6.07, 6.45) is 0. The molecule has 0 radical (unpaired) electrons. The van der Waals surface area contributed by atoms with Crippen molar-refractivity contribution in [1.29, 1.82) is 0 Å². The molecule has 6 nitrogen and oxygen atoms in total. The number of aromatic nitrogens is 2. The van der Waals surface area contributed by atoms with E-state index in [0.29, 0.717) is 24.8 Å². The lowest BCUT2D eigenvalue weighted by Gasteiger charge is -2.15. The molecule has 0 saturated carbocycles. The Morgan fingerprint density at radius 3 is 2.71 bits per heavy atom. The molecule has 6 heteroatoms. The number of hydrogen-bond donors (Lipinski definition) is 0. The molecule has 1 aromatic rings. The summed E-state index contributed by atoms with van der Waals surface area (Å²) >= 11 is 0. The van der Waals surface area contributed by atoms with Crippen molar-refractivity contribution in [1.82, 2.24) is 15.0 Å². The summed E-state index contributed by atoms with van der Waals surface area (Å²) in [5.41, 5.74) is 0. The van der Waals surface area contributed by atoms with Gasteiger partial charge >= 0.3 is 5.97 Å². The second-order valence-electron chi connectivity index (χ2n) is 4.08. The third-order valence-corrected chi connectivity index (χ3v) is 2.39. The van der Waals surface area contributed by atoms with Crippen molar-refractivity contribution in [2.45, 2.75) is 33.2 Å². The Hall–Kier alpha value is -1.43. The van der Waals surface area contributed by atoms with Crippen LogP contribution in [0.3, 0.4) is 0 Å². The summed E-state index contributed by atoms with van der Waals surface area (Å²) < 4.78 is 9.74. The first-order valence-corrected chi connectivity index (χ1v) is 5.68. The molecule has 0 saturated heterocycles. The van der Waals surface area contributed by atoms with Gasteiger partial charge in [-0.15, -0.1) is 0 Å². The van der Waals surface area contributed by atoms with Crippen LogP contribution >= 0.6 is 0 Å². The summed E-state index contributed by atoms with van der Waals surface area (Å²) in [6.45, 7) is 7.37. The Labute approximate surface area is 101 Å². The van der Waals surface area contributed by atoms with Crippen LogP contribution in [0.15, 0.2) is 4.52 Å². The first-order valence-electron chi connectivity index (χ1n) is 5.68. The third-order valence-electron chi connectivity index (χ3n) is 2.39. The molecule has 1 aromatic heterocycles. The second-order valence-corrected chi connectivity index (χ2v) is 4.08. The highest BCUT2D eigenvalue weighted by Gasteiger charge is 2.15. The van der Waals surface area contributed by atoms with Crippen molar-refractivity contribution in [2.24, 2.45) is 0 Å². The van der Waals surface area contributed by atoms with E-state index in [-0.39, 0.29) is 18.4 Å². The summed E-state index contributed by atoms with van der Waals surface area (Å²) in [6, 6.07) is 0. The summed E-state index contributed by atoms with van der Waals surface area (Å²) in [7, 11) is 1.37. The molecule has 0 aliphatic heterocycles. The molecule has 0 atom stereocenters. The van der Waals surface area contributed by atoms with Gasteiger partial charge in [-0.3, -0.25) is 9.69 Å². The van der Waals surface area contributed by atoms with E-state index in [4.69, 9.17) is 4.52 Å². The first kappa shape index (κ1) is 13.6. The fourth-order valence-electron chi connectivity index (χ4n) is 1.28. The van der Waals surface area contributed by atoms with Crippen LogP contribution < -0.4 is 0 Å².